The van der Waals surface area contributed by atoms with Crippen molar-refractivity contribution >= 4 is 27.3 Å². The van der Waals surface area contributed by atoms with Crippen molar-refractivity contribution in [2.45, 2.75) is 0 Å². The average Bonchev–Trinajstić information content (AvgIpc) is 2.34. The minimum atomic E-state index is 0.794. The van der Waals surface area contributed by atoms with E-state index in [1.807, 2.05) is 18.2 Å². The number of benzene rings is 1. The Morgan fingerprint density at radius 3 is 2.67 bits per heavy atom. The van der Waals surface area contributed by atoms with Gasteiger partial charge in [-0.2, -0.15) is 0 Å². The highest BCUT2D eigenvalue weighted by atomic mass is 79.9. The molecule has 100 valence electrons. The zero-order valence-electron chi connectivity index (χ0n) is 10.8. The lowest BCUT2D eigenvalue weighted by Gasteiger charge is -2.32. The summed E-state index contributed by atoms with van der Waals surface area (Å²) in [6.45, 7) is 6.67. The lowest BCUT2D eigenvalue weighted by Crippen LogP contribution is -2.45. The second-order valence-electron chi connectivity index (χ2n) is 4.80. The minimum Gasteiger partial charge on any atom is -0.397 e. The maximum Gasteiger partial charge on any atom is 0.0575 e. The molecular formula is C13H21BrN4. The Morgan fingerprint density at radius 1 is 1.28 bits per heavy atom. The van der Waals surface area contributed by atoms with E-state index < -0.39 is 0 Å². The maximum atomic E-state index is 5.95. The van der Waals surface area contributed by atoms with Gasteiger partial charge in [-0.15, -0.1) is 0 Å². The molecule has 1 heterocycles. The molecule has 1 fully saturated rings. The molecule has 0 aliphatic carbocycles. The molecule has 0 unspecified atom stereocenters. The van der Waals surface area contributed by atoms with E-state index in [1.54, 1.807) is 0 Å². The predicted octanol–water partition coefficient (Wildman–Crippen LogP) is 1.69. The third kappa shape index (κ3) is 3.86. The van der Waals surface area contributed by atoms with Crippen LogP contribution in [0.4, 0.5) is 11.4 Å². The van der Waals surface area contributed by atoms with Gasteiger partial charge in [0.1, 0.15) is 0 Å². The molecule has 0 saturated carbocycles. The fraction of sp³-hybridized carbons (Fsp3) is 0.538. The van der Waals surface area contributed by atoms with Gasteiger partial charge in [0.2, 0.25) is 0 Å². The third-order valence-electron chi connectivity index (χ3n) is 3.35. The van der Waals surface area contributed by atoms with Gasteiger partial charge >= 0.3 is 0 Å². The van der Waals surface area contributed by atoms with Crippen molar-refractivity contribution in [3.05, 3.63) is 22.7 Å². The number of piperazine rings is 1. The number of anilines is 2. The Hall–Kier alpha value is -0.780. The molecule has 0 spiro atoms. The molecule has 1 saturated heterocycles. The van der Waals surface area contributed by atoms with Crippen LogP contribution in [0.15, 0.2) is 22.7 Å². The van der Waals surface area contributed by atoms with E-state index in [2.05, 4.69) is 38.1 Å². The van der Waals surface area contributed by atoms with E-state index in [1.165, 1.54) is 13.1 Å². The molecule has 0 bridgehead atoms. The first kappa shape index (κ1) is 13.6. The average molecular weight is 313 g/mol. The summed E-state index contributed by atoms with van der Waals surface area (Å²) in [5.41, 5.74) is 7.76. The summed E-state index contributed by atoms with van der Waals surface area (Å²) in [7, 11) is 2.18. The van der Waals surface area contributed by atoms with Gasteiger partial charge in [0.05, 0.1) is 11.4 Å². The summed E-state index contributed by atoms with van der Waals surface area (Å²) in [5, 5.41) is 3.40. The standard InChI is InChI=1S/C13H21BrN4/c1-17-6-8-18(9-7-17)5-4-16-13-3-2-11(14)10-12(13)15/h2-3,10,16H,4-9,15H2,1H3. The summed E-state index contributed by atoms with van der Waals surface area (Å²) in [5.74, 6) is 0. The minimum absolute atomic E-state index is 0.794. The normalized spacial score (nSPS) is 17.9. The second kappa shape index (κ2) is 6.41. The van der Waals surface area contributed by atoms with Crippen LogP contribution < -0.4 is 11.1 Å². The number of halogens is 1. The molecular weight excluding hydrogens is 292 g/mol. The van der Waals surface area contributed by atoms with E-state index in [-0.39, 0.29) is 0 Å². The highest BCUT2D eigenvalue weighted by molar-refractivity contribution is 9.10. The molecule has 1 aromatic rings. The molecule has 18 heavy (non-hydrogen) atoms. The van der Waals surface area contributed by atoms with Gasteiger partial charge in [-0.3, -0.25) is 4.90 Å². The molecule has 1 aliphatic rings. The van der Waals surface area contributed by atoms with Crippen LogP contribution in [0, 0.1) is 0 Å². The SMILES string of the molecule is CN1CCN(CCNc2ccc(Br)cc2N)CC1. The summed E-state index contributed by atoms with van der Waals surface area (Å²) < 4.78 is 1.02. The Kier molecular flexibility index (Phi) is 4.86. The lowest BCUT2D eigenvalue weighted by atomic mass is 10.2. The van der Waals surface area contributed by atoms with Crippen LogP contribution in [0.5, 0.6) is 0 Å². The van der Waals surface area contributed by atoms with Crippen LogP contribution in [0.1, 0.15) is 0 Å². The lowest BCUT2D eigenvalue weighted by molar-refractivity contribution is 0.158. The zero-order valence-corrected chi connectivity index (χ0v) is 12.4. The van der Waals surface area contributed by atoms with Crippen molar-refractivity contribution in [1.29, 1.82) is 0 Å². The maximum absolute atomic E-state index is 5.95. The molecule has 5 heteroatoms. The number of likely N-dealkylation sites (N-methyl/N-ethyl adjacent to an activating group) is 1. The number of nitrogens with zero attached hydrogens (tertiary/aromatic N) is 2. The van der Waals surface area contributed by atoms with Gasteiger partial charge in [0.25, 0.3) is 0 Å². The van der Waals surface area contributed by atoms with E-state index in [9.17, 15) is 0 Å². The van der Waals surface area contributed by atoms with Crippen LogP contribution in [0.3, 0.4) is 0 Å². The van der Waals surface area contributed by atoms with Crippen molar-refractivity contribution in [1.82, 2.24) is 9.80 Å². The topological polar surface area (TPSA) is 44.5 Å². The molecule has 0 amide bonds. The molecule has 1 aromatic carbocycles. The van der Waals surface area contributed by atoms with Crippen molar-refractivity contribution in [3.63, 3.8) is 0 Å². The van der Waals surface area contributed by atoms with Crippen molar-refractivity contribution < 1.29 is 0 Å². The summed E-state index contributed by atoms with van der Waals surface area (Å²) >= 11 is 3.41. The van der Waals surface area contributed by atoms with E-state index in [0.29, 0.717) is 0 Å². The van der Waals surface area contributed by atoms with Crippen molar-refractivity contribution in [2.75, 3.05) is 57.4 Å². The first-order valence-electron chi connectivity index (χ1n) is 6.35. The number of rotatable bonds is 4. The van der Waals surface area contributed by atoms with Crippen LogP contribution in [-0.2, 0) is 0 Å². The summed E-state index contributed by atoms with van der Waals surface area (Å²) in [6.07, 6.45) is 0. The Balaban J connectivity index is 1.75. The fourth-order valence-electron chi connectivity index (χ4n) is 2.11. The number of nitrogens with one attached hydrogen (secondary N) is 1. The van der Waals surface area contributed by atoms with Crippen LogP contribution in [0.25, 0.3) is 0 Å². The third-order valence-corrected chi connectivity index (χ3v) is 3.85. The smallest absolute Gasteiger partial charge is 0.0575 e. The molecule has 3 N–H and O–H groups in total. The molecule has 0 aromatic heterocycles. The fourth-order valence-corrected chi connectivity index (χ4v) is 2.49. The van der Waals surface area contributed by atoms with Crippen LogP contribution in [0.2, 0.25) is 0 Å². The van der Waals surface area contributed by atoms with Gasteiger partial charge in [-0.1, -0.05) is 15.9 Å². The van der Waals surface area contributed by atoms with Gasteiger partial charge < -0.3 is 16.0 Å². The molecule has 2 rings (SSSR count). The largest absolute Gasteiger partial charge is 0.397 e. The Labute approximate surface area is 117 Å². The first-order valence-corrected chi connectivity index (χ1v) is 7.14. The summed E-state index contributed by atoms with van der Waals surface area (Å²) in [4.78, 5) is 4.86. The Bertz CT molecular complexity index is 389. The second-order valence-corrected chi connectivity index (χ2v) is 5.72. The first-order chi connectivity index (χ1) is 8.65. The van der Waals surface area contributed by atoms with E-state index in [4.69, 9.17) is 5.73 Å². The van der Waals surface area contributed by atoms with Gasteiger partial charge in [0.15, 0.2) is 0 Å². The monoisotopic (exact) mass is 312 g/mol. The number of hydrogen-bond donors (Lipinski definition) is 2. The highest BCUT2D eigenvalue weighted by Crippen LogP contribution is 2.22. The number of nitrogen functional groups attached to an aromatic ring is 1. The molecule has 0 radical (unpaired) electrons. The predicted molar refractivity (Wildman–Crippen MR) is 81.0 cm³/mol. The Morgan fingerprint density at radius 2 is 2.00 bits per heavy atom. The molecule has 0 atom stereocenters. The molecule has 1 aliphatic heterocycles. The molecule has 4 nitrogen and oxygen atoms in total. The highest BCUT2D eigenvalue weighted by Gasteiger charge is 2.12. The van der Waals surface area contributed by atoms with Crippen molar-refractivity contribution in [3.8, 4) is 0 Å². The summed E-state index contributed by atoms with van der Waals surface area (Å²) in [6, 6.07) is 5.95. The van der Waals surface area contributed by atoms with Gasteiger partial charge in [0, 0.05) is 43.7 Å². The quantitative estimate of drug-likeness (QED) is 0.831. The van der Waals surface area contributed by atoms with Crippen molar-refractivity contribution in [2.24, 2.45) is 0 Å². The van der Waals surface area contributed by atoms with Gasteiger partial charge in [-0.05, 0) is 25.2 Å². The van der Waals surface area contributed by atoms with Crippen LogP contribution >= 0.6 is 15.9 Å². The van der Waals surface area contributed by atoms with Gasteiger partial charge in [-0.25, -0.2) is 0 Å². The number of nitrogens with two attached hydrogens (primary N) is 1. The zero-order chi connectivity index (χ0) is 13.0. The van der Waals surface area contributed by atoms with E-state index >= 15 is 0 Å². The number of hydrogen-bond acceptors (Lipinski definition) is 4. The van der Waals surface area contributed by atoms with Crippen LogP contribution in [-0.4, -0.2) is 56.1 Å². The van der Waals surface area contributed by atoms with E-state index in [0.717, 1.165) is 42.0 Å².